The van der Waals surface area contributed by atoms with Gasteiger partial charge in [-0.3, -0.25) is 9.69 Å². The highest BCUT2D eigenvalue weighted by Crippen LogP contribution is 2.26. The Bertz CT molecular complexity index is 1000. The fourth-order valence-corrected chi connectivity index (χ4v) is 4.41. The quantitative estimate of drug-likeness (QED) is 0.661. The van der Waals surface area contributed by atoms with Crippen LogP contribution in [0.2, 0.25) is 0 Å². The van der Waals surface area contributed by atoms with Gasteiger partial charge in [0.1, 0.15) is 0 Å². The first kappa shape index (κ1) is 19.7. The molecule has 29 heavy (non-hydrogen) atoms. The van der Waals surface area contributed by atoms with Crippen LogP contribution in [-0.2, 0) is 0 Å². The average molecular weight is 411 g/mol. The topological polar surface area (TPSA) is 67.2 Å². The second-order valence-electron chi connectivity index (χ2n) is 7.66. The average Bonchev–Trinajstić information content (AvgIpc) is 3.38. The fraction of sp³-hybridized carbons (Fsp3) is 0.429. The Morgan fingerprint density at radius 1 is 1.14 bits per heavy atom. The molecule has 0 aliphatic carbocycles. The van der Waals surface area contributed by atoms with Gasteiger partial charge in [-0.15, -0.1) is 11.3 Å². The summed E-state index contributed by atoms with van der Waals surface area (Å²) in [5.74, 6) is 0.517. The highest BCUT2D eigenvalue weighted by Gasteiger charge is 2.26. The molecule has 0 spiro atoms. The van der Waals surface area contributed by atoms with E-state index in [0.29, 0.717) is 17.6 Å². The van der Waals surface area contributed by atoms with Crippen molar-refractivity contribution in [3.05, 3.63) is 46.7 Å². The van der Waals surface area contributed by atoms with E-state index in [1.807, 2.05) is 42.5 Å². The number of hydrogen-bond acceptors (Lipinski definition) is 6. The third-order valence-electron chi connectivity index (χ3n) is 5.47. The lowest BCUT2D eigenvalue weighted by Gasteiger charge is -2.36. The number of thiophene rings is 1. The van der Waals surface area contributed by atoms with E-state index in [1.54, 1.807) is 22.2 Å². The van der Waals surface area contributed by atoms with Gasteiger partial charge in [-0.2, -0.15) is 5.10 Å². The molecule has 1 aliphatic rings. The second kappa shape index (κ2) is 8.04. The molecule has 7 nitrogen and oxygen atoms in total. The van der Waals surface area contributed by atoms with Crippen LogP contribution in [-0.4, -0.2) is 67.7 Å². The summed E-state index contributed by atoms with van der Waals surface area (Å²) in [7, 11) is 0. The van der Waals surface area contributed by atoms with Gasteiger partial charge in [0.05, 0.1) is 28.0 Å². The summed E-state index contributed by atoms with van der Waals surface area (Å²) in [6, 6.07) is 4.56. The zero-order chi connectivity index (χ0) is 20.5. The molecule has 1 aliphatic heterocycles. The van der Waals surface area contributed by atoms with Crippen LogP contribution < -0.4 is 0 Å². The molecular weight excluding hydrogens is 384 g/mol. The summed E-state index contributed by atoms with van der Waals surface area (Å²) >= 11 is 1.64. The highest BCUT2D eigenvalue weighted by atomic mass is 32.1. The molecule has 4 rings (SSSR count). The Balaban J connectivity index is 1.58. The molecule has 3 aromatic rings. The normalized spacial score (nSPS) is 15.3. The Morgan fingerprint density at radius 3 is 2.55 bits per heavy atom. The van der Waals surface area contributed by atoms with Crippen molar-refractivity contribution in [3.8, 4) is 16.5 Å². The largest absolute Gasteiger partial charge is 0.336 e. The number of amides is 1. The van der Waals surface area contributed by atoms with Gasteiger partial charge in [-0.25, -0.2) is 14.6 Å². The number of aryl methyl sites for hydroxylation is 1. The van der Waals surface area contributed by atoms with Crippen LogP contribution in [0.1, 0.15) is 35.5 Å². The number of aromatic nitrogens is 4. The van der Waals surface area contributed by atoms with Gasteiger partial charge in [0.25, 0.3) is 11.9 Å². The number of hydrogen-bond donors (Lipinski definition) is 0. The number of carbonyl (C=O) groups is 1. The van der Waals surface area contributed by atoms with Crippen LogP contribution in [0.3, 0.4) is 0 Å². The molecule has 1 saturated heterocycles. The third kappa shape index (κ3) is 3.82. The van der Waals surface area contributed by atoms with Crippen molar-refractivity contribution in [3.63, 3.8) is 0 Å². The molecular formula is C21H26N6OS. The molecule has 1 fully saturated rings. The zero-order valence-corrected chi connectivity index (χ0v) is 18.1. The van der Waals surface area contributed by atoms with Crippen molar-refractivity contribution in [2.75, 3.05) is 26.2 Å². The van der Waals surface area contributed by atoms with Crippen molar-refractivity contribution >= 4 is 17.2 Å². The summed E-state index contributed by atoms with van der Waals surface area (Å²) in [6.07, 6.45) is 3.45. The minimum atomic E-state index is 0.0303. The Morgan fingerprint density at radius 2 is 1.90 bits per heavy atom. The van der Waals surface area contributed by atoms with E-state index in [-0.39, 0.29) is 5.91 Å². The second-order valence-corrected chi connectivity index (χ2v) is 8.60. The lowest BCUT2D eigenvalue weighted by Crippen LogP contribution is -2.50. The minimum absolute atomic E-state index is 0.0303. The van der Waals surface area contributed by atoms with E-state index in [9.17, 15) is 4.79 Å². The van der Waals surface area contributed by atoms with E-state index < -0.39 is 0 Å². The van der Waals surface area contributed by atoms with Crippen LogP contribution in [0, 0.1) is 13.8 Å². The summed E-state index contributed by atoms with van der Waals surface area (Å²) < 4.78 is 1.66. The smallest absolute Gasteiger partial charge is 0.257 e. The van der Waals surface area contributed by atoms with Crippen LogP contribution >= 0.6 is 11.3 Å². The van der Waals surface area contributed by atoms with E-state index in [2.05, 4.69) is 28.8 Å². The number of piperazine rings is 1. The molecule has 4 heterocycles. The highest BCUT2D eigenvalue weighted by molar-refractivity contribution is 7.13. The Hall–Kier alpha value is -2.58. The molecule has 8 heteroatoms. The lowest BCUT2D eigenvalue weighted by atomic mass is 10.2. The Labute approximate surface area is 175 Å². The van der Waals surface area contributed by atoms with Crippen molar-refractivity contribution < 1.29 is 4.79 Å². The van der Waals surface area contributed by atoms with Gasteiger partial charge < -0.3 is 4.90 Å². The number of nitrogens with zero attached hydrogens (tertiary/aromatic N) is 6. The van der Waals surface area contributed by atoms with Crippen LogP contribution in [0.5, 0.6) is 0 Å². The van der Waals surface area contributed by atoms with Gasteiger partial charge in [-0.05, 0) is 44.7 Å². The molecule has 0 atom stereocenters. The zero-order valence-electron chi connectivity index (χ0n) is 17.3. The van der Waals surface area contributed by atoms with Crippen molar-refractivity contribution in [2.45, 2.75) is 33.7 Å². The summed E-state index contributed by atoms with van der Waals surface area (Å²) in [5.41, 5.74) is 3.30. The number of carbonyl (C=O) groups excluding carboxylic acids is 1. The molecule has 0 unspecified atom stereocenters. The van der Waals surface area contributed by atoms with E-state index in [1.165, 1.54) is 0 Å². The monoisotopic (exact) mass is 410 g/mol. The Kier molecular flexibility index (Phi) is 5.47. The van der Waals surface area contributed by atoms with Gasteiger partial charge >= 0.3 is 0 Å². The summed E-state index contributed by atoms with van der Waals surface area (Å²) in [6.45, 7) is 11.6. The molecule has 0 radical (unpaired) electrons. The lowest BCUT2D eigenvalue weighted by molar-refractivity contribution is 0.0595. The van der Waals surface area contributed by atoms with Gasteiger partial charge in [0.15, 0.2) is 0 Å². The first-order valence-electron chi connectivity index (χ1n) is 9.91. The fourth-order valence-electron chi connectivity index (χ4n) is 3.63. The molecule has 0 saturated carbocycles. The molecule has 0 aromatic carbocycles. The van der Waals surface area contributed by atoms with Crippen LogP contribution in [0.25, 0.3) is 16.5 Å². The predicted octanol–water partition coefficient (Wildman–Crippen LogP) is 3.17. The SMILES string of the molecule is Cc1cnc(-n2ncc(C(=O)N3CCN(C(C)C)CC3)c2C)nc1-c1cccs1. The maximum Gasteiger partial charge on any atom is 0.257 e. The first-order chi connectivity index (χ1) is 14.0. The molecule has 0 N–H and O–H groups in total. The van der Waals surface area contributed by atoms with Crippen LogP contribution in [0.4, 0.5) is 0 Å². The third-order valence-corrected chi connectivity index (χ3v) is 6.35. The van der Waals surface area contributed by atoms with E-state index in [4.69, 9.17) is 4.98 Å². The maximum atomic E-state index is 13.1. The molecule has 0 bridgehead atoms. The van der Waals surface area contributed by atoms with Crippen molar-refractivity contribution in [2.24, 2.45) is 0 Å². The minimum Gasteiger partial charge on any atom is -0.336 e. The van der Waals surface area contributed by atoms with E-state index in [0.717, 1.165) is 48.0 Å². The van der Waals surface area contributed by atoms with E-state index >= 15 is 0 Å². The molecule has 152 valence electrons. The van der Waals surface area contributed by atoms with Crippen LogP contribution in [0.15, 0.2) is 29.9 Å². The molecule has 1 amide bonds. The van der Waals surface area contributed by atoms with Crippen molar-refractivity contribution in [1.29, 1.82) is 0 Å². The standard InChI is InChI=1S/C21H26N6OS/c1-14(2)25-7-9-26(10-8-25)20(28)17-13-23-27(16(17)4)21-22-12-15(3)19(24-21)18-6-5-11-29-18/h5-6,11-14H,7-10H2,1-4H3. The maximum absolute atomic E-state index is 13.1. The first-order valence-corrected chi connectivity index (χ1v) is 10.8. The summed E-state index contributed by atoms with van der Waals surface area (Å²) in [5, 5.41) is 6.47. The van der Waals surface area contributed by atoms with Gasteiger partial charge in [0.2, 0.25) is 0 Å². The van der Waals surface area contributed by atoms with Crippen molar-refractivity contribution in [1.82, 2.24) is 29.5 Å². The van der Waals surface area contributed by atoms with Gasteiger partial charge in [0, 0.05) is 38.4 Å². The van der Waals surface area contributed by atoms with Gasteiger partial charge in [-0.1, -0.05) is 6.07 Å². The summed E-state index contributed by atoms with van der Waals surface area (Å²) in [4.78, 5) is 27.7. The number of rotatable bonds is 4. The predicted molar refractivity (Wildman–Crippen MR) is 115 cm³/mol. The molecule has 3 aromatic heterocycles.